The second kappa shape index (κ2) is 4.21. The first-order valence-electron chi connectivity index (χ1n) is 3.67. The van der Waals surface area contributed by atoms with E-state index in [1.807, 2.05) is 30.4 Å². The molecule has 0 bridgehead atoms. The number of aldehydes is 1. The summed E-state index contributed by atoms with van der Waals surface area (Å²) >= 11 is 3.76. The molecule has 0 N–H and O–H groups in total. The first-order valence-corrected chi connectivity index (χ1v) is 5.64. The molecule has 62 valence electrons. The zero-order valence-electron chi connectivity index (χ0n) is 6.79. The SMILES string of the molecule is CC(=C1SCCS1)C(C)C=O. The van der Waals surface area contributed by atoms with Crippen LogP contribution in [0.15, 0.2) is 9.81 Å². The molecule has 1 atom stereocenters. The van der Waals surface area contributed by atoms with Crippen LogP contribution in [0.1, 0.15) is 13.8 Å². The third-order valence-corrected chi connectivity index (χ3v) is 4.71. The zero-order chi connectivity index (χ0) is 8.27. The lowest BCUT2D eigenvalue weighted by Crippen LogP contribution is -1.97. The molecule has 0 spiro atoms. The molecule has 0 aromatic heterocycles. The molecule has 0 amide bonds. The number of carbonyl (C=O) groups is 1. The Morgan fingerprint density at radius 2 is 2.09 bits per heavy atom. The van der Waals surface area contributed by atoms with Gasteiger partial charge in [-0.25, -0.2) is 0 Å². The van der Waals surface area contributed by atoms with Crippen LogP contribution in [-0.4, -0.2) is 17.8 Å². The highest BCUT2D eigenvalue weighted by Gasteiger charge is 2.14. The Labute approximate surface area is 76.0 Å². The Morgan fingerprint density at radius 3 is 2.55 bits per heavy atom. The van der Waals surface area contributed by atoms with Gasteiger partial charge in [-0.3, -0.25) is 0 Å². The molecule has 0 radical (unpaired) electrons. The van der Waals surface area contributed by atoms with Gasteiger partial charge in [-0.2, -0.15) is 0 Å². The fourth-order valence-corrected chi connectivity index (χ4v) is 3.52. The van der Waals surface area contributed by atoms with Crippen molar-refractivity contribution in [2.75, 3.05) is 11.5 Å². The molecule has 1 aliphatic heterocycles. The van der Waals surface area contributed by atoms with Crippen LogP contribution < -0.4 is 0 Å². The largest absolute Gasteiger partial charge is 0.303 e. The zero-order valence-corrected chi connectivity index (χ0v) is 8.43. The third-order valence-electron chi connectivity index (χ3n) is 1.76. The molecule has 3 heteroatoms. The summed E-state index contributed by atoms with van der Waals surface area (Å²) in [7, 11) is 0. The van der Waals surface area contributed by atoms with Crippen molar-refractivity contribution in [3.05, 3.63) is 9.81 Å². The minimum absolute atomic E-state index is 0.100. The maximum atomic E-state index is 10.5. The Kier molecular flexibility index (Phi) is 3.52. The van der Waals surface area contributed by atoms with Crippen molar-refractivity contribution in [1.82, 2.24) is 0 Å². The van der Waals surface area contributed by atoms with E-state index in [9.17, 15) is 4.79 Å². The van der Waals surface area contributed by atoms with Crippen LogP contribution in [0, 0.1) is 5.92 Å². The summed E-state index contributed by atoms with van der Waals surface area (Å²) < 4.78 is 1.37. The van der Waals surface area contributed by atoms with E-state index in [2.05, 4.69) is 6.92 Å². The lowest BCUT2D eigenvalue weighted by molar-refractivity contribution is -0.109. The number of rotatable bonds is 2. The van der Waals surface area contributed by atoms with Gasteiger partial charge in [0.2, 0.25) is 0 Å². The number of carbonyl (C=O) groups excluding carboxylic acids is 1. The average Bonchev–Trinajstić information content (AvgIpc) is 2.53. The lowest BCUT2D eigenvalue weighted by atomic mass is 10.1. The van der Waals surface area contributed by atoms with E-state index in [1.165, 1.54) is 21.3 Å². The molecule has 11 heavy (non-hydrogen) atoms. The van der Waals surface area contributed by atoms with Gasteiger partial charge >= 0.3 is 0 Å². The second-order valence-electron chi connectivity index (χ2n) is 2.59. The standard InChI is InChI=1S/C8H12OS2/c1-6(5-9)7(2)8-10-3-4-11-8/h5-6H,3-4H2,1-2H3. The summed E-state index contributed by atoms with van der Waals surface area (Å²) in [6.45, 7) is 4.01. The summed E-state index contributed by atoms with van der Waals surface area (Å²) in [5.74, 6) is 2.49. The predicted octanol–water partition coefficient (Wildman–Crippen LogP) is 2.53. The Bertz CT molecular complexity index is 179. The van der Waals surface area contributed by atoms with E-state index in [0.29, 0.717) is 0 Å². The third kappa shape index (κ3) is 2.27. The Balaban J connectivity index is 2.68. The van der Waals surface area contributed by atoms with Crippen LogP contribution >= 0.6 is 23.5 Å². The number of hydrogen-bond donors (Lipinski definition) is 0. The van der Waals surface area contributed by atoms with Crippen LogP contribution in [0.4, 0.5) is 0 Å². The number of hydrogen-bond acceptors (Lipinski definition) is 3. The van der Waals surface area contributed by atoms with Crippen molar-refractivity contribution in [2.45, 2.75) is 13.8 Å². The molecule has 0 aromatic carbocycles. The minimum atomic E-state index is 0.100. The maximum absolute atomic E-state index is 10.5. The molecule has 1 rings (SSSR count). The second-order valence-corrected chi connectivity index (χ2v) is 5.06. The van der Waals surface area contributed by atoms with Crippen molar-refractivity contribution >= 4 is 29.8 Å². The van der Waals surface area contributed by atoms with Gasteiger partial charge in [-0.15, -0.1) is 23.5 Å². The van der Waals surface area contributed by atoms with Gasteiger partial charge in [0.25, 0.3) is 0 Å². The van der Waals surface area contributed by atoms with Crippen molar-refractivity contribution < 1.29 is 4.79 Å². The van der Waals surface area contributed by atoms with Crippen LogP contribution in [0.25, 0.3) is 0 Å². The monoisotopic (exact) mass is 188 g/mol. The van der Waals surface area contributed by atoms with Crippen LogP contribution in [0.3, 0.4) is 0 Å². The van der Waals surface area contributed by atoms with Crippen molar-refractivity contribution in [2.24, 2.45) is 5.92 Å². The average molecular weight is 188 g/mol. The highest BCUT2D eigenvalue weighted by molar-refractivity contribution is 8.25. The molecule has 0 saturated carbocycles. The Hall–Kier alpha value is 0.110. The minimum Gasteiger partial charge on any atom is -0.303 e. The quantitative estimate of drug-likeness (QED) is 0.620. The van der Waals surface area contributed by atoms with E-state index < -0.39 is 0 Å². The fourth-order valence-electron chi connectivity index (χ4n) is 0.826. The maximum Gasteiger partial charge on any atom is 0.126 e. The molecular weight excluding hydrogens is 176 g/mol. The van der Waals surface area contributed by atoms with Gasteiger partial charge < -0.3 is 4.79 Å². The van der Waals surface area contributed by atoms with Gasteiger partial charge in [-0.1, -0.05) is 6.92 Å². The fraction of sp³-hybridized carbons (Fsp3) is 0.625. The normalized spacial score (nSPS) is 20.0. The van der Waals surface area contributed by atoms with Crippen molar-refractivity contribution in [3.8, 4) is 0 Å². The van der Waals surface area contributed by atoms with E-state index in [-0.39, 0.29) is 5.92 Å². The van der Waals surface area contributed by atoms with E-state index in [4.69, 9.17) is 0 Å². The van der Waals surface area contributed by atoms with Gasteiger partial charge in [0.15, 0.2) is 0 Å². The molecule has 1 nitrogen and oxygen atoms in total. The van der Waals surface area contributed by atoms with E-state index >= 15 is 0 Å². The number of allylic oxidation sites excluding steroid dienone is 1. The summed E-state index contributed by atoms with van der Waals surface area (Å²) in [5.41, 5.74) is 1.24. The molecular formula is C8H12OS2. The molecule has 1 saturated heterocycles. The van der Waals surface area contributed by atoms with Crippen LogP contribution in [0.5, 0.6) is 0 Å². The summed E-state index contributed by atoms with van der Waals surface area (Å²) in [4.78, 5) is 10.5. The summed E-state index contributed by atoms with van der Waals surface area (Å²) in [5, 5.41) is 0. The molecule has 1 aliphatic rings. The van der Waals surface area contributed by atoms with Crippen LogP contribution in [-0.2, 0) is 4.79 Å². The molecule has 1 fully saturated rings. The van der Waals surface area contributed by atoms with E-state index in [0.717, 1.165) is 6.29 Å². The molecule has 1 heterocycles. The molecule has 0 aromatic rings. The summed E-state index contributed by atoms with van der Waals surface area (Å²) in [6, 6.07) is 0. The summed E-state index contributed by atoms with van der Waals surface area (Å²) in [6.07, 6.45) is 1.02. The van der Waals surface area contributed by atoms with Gasteiger partial charge in [0.05, 0.1) is 0 Å². The highest BCUT2D eigenvalue weighted by atomic mass is 32.2. The smallest absolute Gasteiger partial charge is 0.126 e. The molecule has 0 aliphatic carbocycles. The first-order chi connectivity index (χ1) is 5.25. The lowest BCUT2D eigenvalue weighted by Gasteiger charge is -2.06. The van der Waals surface area contributed by atoms with Crippen LogP contribution in [0.2, 0.25) is 0 Å². The van der Waals surface area contributed by atoms with Gasteiger partial charge in [-0.05, 0) is 12.5 Å². The van der Waals surface area contributed by atoms with E-state index in [1.54, 1.807) is 0 Å². The highest BCUT2D eigenvalue weighted by Crippen LogP contribution is 2.39. The van der Waals surface area contributed by atoms with Crippen molar-refractivity contribution in [3.63, 3.8) is 0 Å². The molecule has 1 unspecified atom stereocenters. The topological polar surface area (TPSA) is 17.1 Å². The van der Waals surface area contributed by atoms with Gasteiger partial charge in [0.1, 0.15) is 6.29 Å². The van der Waals surface area contributed by atoms with Gasteiger partial charge in [0, 0.05) is 21.7 Å². The number of thioether (sulfide) groups is 2. The Morgan fingerprint density at radius 1 is 1.55 bits per heavy atom. The van der Waals surface area contributed by atoms with Crippen molar-refractivity contribution in [1.29, 1.82) is 0 Å². The predicted molar refractivity (Wildman–Crippen MR) is 52.8 cm³/mol. The first kappa shape index (κ1) is 9.20.